The van der Waals surface area contributed by atoms with E-state index < -0.39 is 71.8 Å². The summed E-state index contributed by atoms with van der Waals surface area (Å²) in [6.07, 6.45) is -10.5. The summed E-state index contributed by atoms with van der Waals surface area (Å²) in [6.45, 7) is -0.792. The number of nitrogens with one attached hydrogen (secondary N) is 2. The summed E-state index contributed by atoms with van der Waals surface area (Å²) in [4.78, 5) is 48.0. The molecule has 0 radical (unpaired) electrons. The highest BCUT2D eigenvalue weighted by molar-refractivity contribution is 5.96. The molecule has 0 heterocycles. The zero-order chi connectivity index (χ0) is 27.1. The van der Waals surface area contributed by atoms with E-state index in [1.807, 2.05) is 0 Å². The van der Waals surface area contributed by atoms with Gasteiger partial charge in [-0.1, -0.05) is 36.4 Å². The molecule has 0 unspecified atom stereocenters. The molecule has 0 aliphatic carbocycles. The molecule has 0 spiro atoms. The first-order valence-corrected chi connectivity index (χ1v) is 10.2. The molecule has 7 nitrogen and oxygen atoms in total. The van der Waals surface area contributed by atoms with Crippen molar-refractivity contribution in [3.63, 3.8) is 0 Å². The third-order valence-electron chi connectivity index (χ3n) is 4.68. The summed E-state index contributed by atoms with van der Waals surface area (Å²) >= 11 is 0. The summed E-state index contributed by atoms with van der Waals surface area (Å²) in [5.41, 5.74) is -4.83. The van der Waals surface area contributed by atoms with Gasteiger partial charge in [0.15, 0.2) is 12.4 Å². The Morgan fingerprint density at radius 2 is 1.42 bits per heavy atom. The summed E-state index contributed by atoms with van der Waals surface area (Å²) in [7, 11) is 0. The van der Waals surface area contributed by atoms with Crippen molar-refractivity contribution in [2.75, 3.05) is 13.2 Å². The number of esters is 1. The van der Waals surface area contributed by atoms with E-state index in [0.29, 0.717) is 11.6 Å². The number of ketones is 1. The predicted octanol–water partition coefficient (Wildman–Crippen LogP) is 3.31. The highest BCUT2D eigenvalue weighted by atomic mass is 19.4. The van der Waals surface area contributed by atoms with Crippen molar-refractivity contribution in [3.05, 3.63) is 70.8 Å². The Morgan fingerprint density at radius 3 is 1.92 bits per heavy atom. The van der Waals surface area contributed by atoms with E-state index in [0.717, 1.165) is 0 Å². The maximum absolute atomic E-state index is 13.2. The number of hydrogen-bond acceptors (Lipinski definition) is 5. The Morgan fingerprint density at radius 1 is 0.861 bits per heavy atom. The molecule has 0 saturated carbocycles. The molecular formula is C23H20F6N2O5. The average molecular weight is 518 g/mol. The first-order chi connectivity index (χ1) is 16.7. The molecule has 2 aromatic rings. The van der Waals surface area contributed by atoms with Gasteiger partial charge in [-0.15, -0.1) is 0 Å². The van der Waals surface area contributed by atoms with Crippen LogP contribution in [-0.2, 0) is 37.9 Å². The zero-order valence-electron chi connectivity index (χ0n) is 18.6. The lowest BCUT2D eigenvalue weighted by atomic mass is 10.00. The maximum atomic E-state index is 13.2. The minimum absolute atomic E-state index is 0.0733. The van der Waals surface area contributed by atoms with Gasteiger partial charge in [-0.3, -0.25) is 14.4 Å². The third-order valence-corrected chi connectivity index (χ3v) is 4.68. The second-order valence-corrected chi connectivity index (χ2v) is 7.50. The van der Waals surface area contributed by atoms with E-state index in [9.17, 15) is 45.5 Å². The molecular weight excluding hydrogens is 498 g/mol. The summed E-state index contributed by atoms with van der Waals surface area (Å²) in [5, 5.41) is 4.59. The van der Waals surface area contributed by atoms with Gasteiger partial charge in [-0.05, 0) is 17.7 Å². The van der Waals surface area contributed by atoms with E-state index in [2.05, 4.69) is 15.4 Å². The van der Waals surface area contributed by atoms with Crippen LogP contribution in [0.25, 0.3) is 0 Å². The van der Waals surface area contributed by atoms with Crippen molar-refractivity contribution in [2.24, 2.45) is 0 Å². The number of carbonyl (C=O) groups excluding carboxylic acids is 4. The van der Waals surface area contributed by atoms with Crippen molar-refractivity contribution in [1.82, 2.24) is 10.6 Å². The number of rotatable bonds is 9. The van der Waals surface area contributed by atoms with Gasteiger partial charge in [-0.2, -0.15) is 26.3 Å². The van der Waals surface area contributed by atoms with Crippen LogP contribution in [-0.4, -0.2) is 42.8 Å². The van der Waals surface area contributed by atoms with Gasteiger partial charge in [0.05, 0.1) is 23.2 Å². The topological polar surface area (TPSA) is 102 Å². The lowest BCUT2D eigenvalue weighted by Gasteiger charge is -2.18. The molecule has 2 amide bonds. The predicted molar refractivity (Wildman–Crippen MR) is 112 cm³/mol. The van der Waals surface area contributed by atoms with Gasteiger partial charge >= 0.3 is 18.3 Å². The molecule has 194 valence electrons. The van der Waals surface area contributed by atoms with Crippen LogP contribution in [0, 0.1) is 0 Å². The highest BCUT2D eigenvalue weighted by Gasteiger charge is 2.43. The fourth-order valence-corrected chi connectivity index (χ4v) is 3.13. The molecule has 0 aliphatic rings. The van der Waals surface area contributed by atoms with Crippen LogP contribution in [0.2, 0.25) is 0 Å². The minimum atomic E-state index is -5.30. The molecule has 0 bridgehead atoms. The molecule has 36 heavy (non-hydrogen) atoms. The van der Waals surface area contributed by atoms with Crippen molar-refractivity contribution in [3.8, 4) is 0 Å². The lowest BCUT2D eigenvalue weighted by molar-refractivity contribution is -0.144. The highest BCUT2D eigenvalue weighted by Crippen LogP contribution is 2.39. The Labute approximate surface area is 200 Å². The Kier molecular flexibility index (Phi) is 9.20. The fraction of sp³-hybridized carbons (Fsp3) is 0.304. The van der Waals surface area contributed by atoms with Crippen LogP contribution in [0.1, 0.15) is 34.0 Å². The van der Waals surface area contributed by atoms with Gasteiger partial charge in [0.25, 0.3) is 0 Å². The molecule has 0 fully saturated rings. The lowest BCUT2D eigenvalue weighted by Crippen LogP contribution is -2.48. The number of alkyl halides is 6. The normalized spacial score (nSPS) is 12.4. The first kappa shape index (κ1) is 28.3. The maximum Gasteiger partial charge on any atom is 0.417 e. The monoisotopic (exact) mass is 518 g/mol. The van der Waals surface area contributed by atoms with E-state index in [1.54, 1.807) is 30.3 Å². The number of ether oxygens (including phenoxy) is 1. The van der Waals surface area contributed by atoms with Crippen LogP contribution < -0.4 is 10.6 Å². The fourth-order valence-electron chi connectivity index (χ4n) is 3.13. The van der Waals surface area contributed by atoms with Crippen LogP contribution in [0.5, 0.6) is 0 Å². The second-order valence-electron chi connectivity index (χ2n) is 7.50. The van der Waals surface area contributed by atoms with Gasteiger partial charge < -0.3 is 15.4 Å². The van der Waals surface area contributed by atoms with E-state index in [-0.39, 0.29) is 18.6 Å². The van der Waals surface area contributed by atoms with Crippen LogP contribution in [0.15, 0.2) is 48.5 Å². The van der Waals surface area contributed by atoms with Crippen molar-refractivity contribution in [2.45, 2.75) is 31.7 Å². The standard InChI is InChI=1S/C23H20F6N2O5/c1-13(32)31-18(10-14-6-3-2-4-7-14)20(34)30-11-15(33)12-36-21(35)19-16(22(24,25)26)8-5-9-17(19)23(27,28)29/h2-9,18H,10-12H2,1H3,(H,30,34)(H,31,32)/t18-/m0/s1. The molecule has 2 N–H and O–H groups in total. The van der Waals surface area contributed by atoms with Crippen molar-refractivity contribution in [1.29, 1.82) is 0 Å². The summed E-state index contributed by atoms with van der Waals surface area (Å²) < 4.78 is 83.5. The van der Waals surface area contributed by atoms with Gasteiger partial charge in [0, 0.05) is 13.3 Å². The van der Waals surface area contributed by atoms with Gasteiger partial charge in [0.2, 0.25) is 11.8 Å². The van der Waals surface area contributed by atoms with Crippen LogP contribution in [0.3, 0.4) is 0 Å². The van der Waals surface area contributed by atoms with Gasteiger partial charge in [-0.25, -0.2) is 4.79 Å². The molecule has 2 rings (SSSR count). The molecule has 2 aromatic carbocycles. The SMILES string of the molecule is CC(=O)N[C@@H](Cc1ccccc1)C(=O)NCC(=O)COC(=O)c1c(C(F)(F)F)cccc1C(F)(F)F. The molecule has 1 atom stereocenters. The Hall–Kier alpha value is -3.90. The Balaban J connectivity index is 2.05. The summed E-state index contributed by atoms with van der Waals surface area (Å²) in [6, 6.07) is 8.51. The number of hydrogen-bond donors (Lipinski definition) is 2. The van der Waals surface area contributed by atoms with E-state index >= 15 is 0 Å². The molecule has 0 saturated heterocycles. The first-order valence-electron chi connectivity index (χ1n) is 10.2. The summed E-state index contributed by atoms with van der Waals surface area (Å²) in [5.74, 6) is -4.34. The average Bonchev–Trinajstić information content (AvgIpc) is 2.79. The van der Waals surface area contributed by atoms with Crippen molar-refractivity contribution >= 4 is 23.6 Å². The molecule has 13 heteroatoms. The number of Topliss-reactive ketones (excluding diaryl/α,β-unsaturated/α-hetero) is 1. The zero-order valence-corrected chi connectivity index (χ0v) is 18.6. The second kappa shape index (κ2) is 11.7. The van der Waals surface area contributed by atoms with Crippen molar-refractivity contribution < 1.29 is 50.3 Å². The Bertz CT molecular complexity index is 1080. The largest absolute Gasteiger partial charge is 0.454 e. The van der Waals surface area contributed by atoms with Crippen LogP contribution in [0.4, 0.5) is 26.3 Å². The minimum Gasteiger partial charge on any atom is -0.454 e. The molecule has 0 aromatic heterocycles. The molecule has 0 aliphatic heterocycles. The smallest absolute Gasteiger partial charge is 0.417 e. The quantitative estimate of drug-likeness (QED) is 0.392. The third kappa shape index (κ3) is 8.10. The van der Waals surface area contributed by atoms with Gasteiger partial charge in [0.1, 0.15) is 6.04 Å². The number of carbonyl (C=O) groups is 4. The van der Waals surface area contributed by atoms with Crippen LogP contribution >= 0.6 is 0 Å². The number of benzene rings is 2. The number of amides is 2. The number of halogens is 6. The van der Waals surface area contributed by atoms with E-state index in [4.69, 9.17) is 0 Å². The van der Waals surface area contributed by atoms with E-state index in [1.165, 1.54) is 6.92 Å².